The highest BCUT2D eigenvalue weighted by molar-refractivity contribution is 7.92. The van der Waals surface area contributed by atoms with Gasteiger partial charge < -0.3 is 9.84 Å². The number of aromatic nitrogens is 2. The smallest absolute Gasteiger partial charge is 0.355 e. The predicted molar refractivity (Wildman–Crippen MR) is 109 cm³/mol. The number of aryl methyl sites for hydroxylation is 1. The molecule has 2 aromatic carbocycles. The van der Waals surface area contributed by atoms with Crippen LogP contribution in [0.5, 0.6) is 0 Å². The van der Waals surface area contributed by atoms with Crippen molar-refractivity contribution in [3.63, 3.8) is 0 Å². The summed E-state index contributed by atoms with van der Waals surface area (Å²) >= 11 is 0. The van der Waals surface area contributed by atoms with Crippen molar-refractivity contribution in [2.45, 2.75) is 18.0 Å². The summed E-state index contributed by atoms with van der Waals surface area (Å²) in [6.07, 6.45) is -3.06. The molecule has 2 heterocycles. The van der Waals surface area contributed by atoms with E-state index < -0.39 is 21.8 Å². The third-order valence-corrected chi connectivity index (χ3v) is 5.74. The number of pyridine rings is 1. The van der Waals surface area contributed by atoms with Crippen molar-refractivity contribution in [3.05, 3.63) is 72.1 Å². The molecule has 0 unspecified atom stereocenters. The van der Waals surface area contributed by atoms with Crippen LogP contribution in [0.15, 0.2) is 70.2 Å². The van der Waals surface area contributed by atoms with Crippen LogP contribution in [0.4, 0.5) is 30.4 Å². The van der Waals surface area contributed by atoms with E-state index in [0.29, 0.717) is 22.5 Å². The fourth-order valence-corrected chi connectivity index (χ4v) is 3.88. The molecule has 4 aromatic rings. The monoisotopic (exact) mass is 448 g/mol. The lowest BCUT2D eigenvalue weighted by Crippen LogP contribution is -2.12. The zero-order valence-electron chi connectivity index (χ0n) is 15.9. The number of fused-ring (bicyclic) bond motifs is 1. The van der Waals surface area contributed by atoms with E-state index >= 15 is 0 Å². The summed E-state index contributed by atoms with van der Waals surface area (Å²) in [5, 5.41) is 7.19. The molecule has 0 saturated carbocycles. The minimum absolute atomic E-state index is 0.00110. The maximum Gasteiger partial charge on any atom is 0.416 e. The molecule has 0 aliphatic rings. The molecule has 0 saturated heterocycles. The second-order valence-corrected chi connectivity index (χ2v) is 8.36. The summed E-state index contributed by atoms with van der Waals surface area (Å²) < 4.78 is 70.8. The quantitative estimate of drug-likeness (QED) is 0.441. The summed E-state index contributed by atoms with van der Waals surface area (Å²) in [6.45, 7) is 1.66. The average molecular weight is 448 g/mol. The standard InChI is InChI=1S/C20H15F3N4O3S/c1-12-10-19(30-26-12)27-31(28,29)15-5-3-14(4-6-15)25-17-8-9-24-18-11-13(20(21,22)23)2-7-16(17)18/h2-11,27H,1H3,(H,24,25). The van der Waals surface area contributed by atoms with Gasteiger partial charge in [-0.3, -0.25) is 4.98 Å². The van der Waals surface area contributed by atoms with Crippen molar-refractivity contribution in [3.8, 4) is 0 Å². The van der Waals surface area contributed by atoms with Crippen LogP contribution in [0.1, 0.15) is 11.3 Å². The first-order chi connectivity index (χ1) is 14.6. The fraction of sp³-hybridized carbons (Fsp3) is 0.100. The van der Waals surface area contributed by atoms with Crippen molar-refractivity contribution in [2.75, 3.05) is 10.0 Å². The lowest BCUT2D eigenvalue weighted by molar-refractivity contribution is -0.137. The summed E-state index contributed by atoms with van der Waals surface area (Å²) in [5.74, 6) is 0.00110. The molecular formula is C20H15F3N4O3S. The van der Waals surface area contributed by atoms with E-state index in [4.69, 9.17) is 4.52 Å². The third-order valence-electron chi connectivity index (χ3n) is 4.38. The highest BCUT2D eigenvalue weighted by atomic mass is 32.2. The van der Waals surface area contributed by atoms with Gasteiger partial charge >= 0.3 is 6.18 Å². The molecule has 2 N–H and O–H groups in total. The summed E-state index contributed by atoms with van der Waals surface area (Å²) in [6, 6.07) is 12.2. The minimum atomic E-state index is -4.46. The zero-order chi connectivity index (χ0) is 22.2. The number of anilines is 3. The van der Waals surface area contributed by atoms with Crippen LogP contribution < -0.4 is 10.0 Å². The molecule has 0 bridgehead atoms. The van der Waals surface area contributed by atoms with Crippen molar-refractivity contribution < 1.29 is 26.1 Å². The van der Waals surface area contributed by atoms with Gasteiger partial charge in [-0.15, -0.1) is 0 Å². The Morgan fingerprint density at radius 1 is 1.00 bits per heavy atom. The highest BCUT2D eigenvalue weighted by Crippen LogP contribution is 2.33. The number of benzene rings is 2. The SMILES string of the molecule is Cc1cc(NS(=O)(=O)c2ccc(Nc3ccnc4cc(C(F)(F)F)ccc34)cc2)on1. The predicted octanol–water partition coefficient (Wildman–Crippen LogP) is 5.09. The number of rotatable bonds is 5. The Morgan fingerprint density at radius 3 is 2.39 bits per heavy atom. The van der Waals surface area contributed by atoms with Crippen LogP contribution in [-0.4, -0.2) is 18.6 Å². The molecule has 0 aliphatic carbocycles. The number of alkyl halides is 3. The number of sulfonamides is 1. The maximum atomic E-state index is 12.9. The molecule has 2 aromatic heterocycles. The van der Waals surface area contributed by atoms with E-state index in [1.165, 1.54) is 42.6 Å². The Morgan fingerprint density at radius 2 is 1.74 bits per heavy atom. The zero-order valence-corrected chi connectivity index (χ0v) is 16.8. The van der Waals surface area contributed by atoms with Gasteiger partial charge in [-0.2, -0.15) is 13.2 Å². The Bertz CT molecular complexity index is 1350. The summed E-state index contributed by atoms with van der Waals surface area (Å²) in [5.41, 5.74) is 1.01. The Balaban J connectivity index is 1.57. The largest absolute Gasteiger partial charge is 0.416 e. The Labute approximate surface area is 174 Å². The van der Waals surface area contributed by atoms with Gasteiger partial charge in [0.25, 0.3) is 10.0 Å². The number of nitrogens with one attached hydrogen (secondary N) is 2. The van der Waals surface area contributed by atoms with Crippen molar-refractivity contribution >= 4 is 38.2 Å². The molecule has 4 rings (SSSR count). The summed E-state index contributed by atoms with van der Waals surface area (Å²) in [4.78, 5) is 4.01. The molecule has 11 heteroatoms. The van der Waals surface area contributed by atoms with E-state index in [0.717, 1.165) is 12.1 Å². The van der Waals surface area contributed by atoms with Gasteiger partial charge in [-0.1, -0.05) is 11.2 Å². The molecule has 0 aliphatic heterocycles. The van der Waals surface area contributed by atoms with Gasteiger partial charge in [0.05, 0.1) is 21.7 Å². The van der Waals surface area contributed by atoms with E-state index in [2.05, 4.69) is 20.2 Å². The van der Waals surface area contributed by atoms with Crippen LogP contribution in [0, 0.1) is 6.92 Å². The Kier molecular flexibility index (Phi) is 5.05. The van der Waals surface area contributed by atoms with Crippen LogP contribution >= 0.6 is 0 Å². The molecule has 31 heavy (non-hydrogen) atoms. The van der Waals surface area contributed by atoms with Crippen LogP contribution in [0.3, 0.4) is 0 Å². The number of halogens is 3. The van der Waals surface area contributed by atoms with Crippen molar-refractivity contribution in [1.82, 2.24) is 10.1 Å². The first-order valence-corrected chi connectivity index (χ1v) is 10.4. The van der Waals surface area contributed by atoms with Crippen LogP contribution in [-0.2, 0) is 16.2 Å². The van der Waals surface area contributed by atoms with E-state index in [1.54, 1.807) is 13.0 Å². The molecule has 0 spiro atoms. The van der Waals surface area contributed by atoms with Gasteiger partial charge in [0.1, 0.15) is 0 Å². The normalized spacial score (nSPS) is 12.1. The first kappa shape index (κ1) is 20.7. The van der Waals surface area contributed by atoms with Gasteiger partial charge in [0.2, 0.25) is 5.88 Å². The van der Waals surface area contributed by atoms with E-state index in [9.17, 15) is 21.6 Å². The van der Waals surface area contributed by atoms with Gasteiger partial charge in [-0.05, 0) is 49.4 Å². The molecule has 0 fully saturated rings. The van der Waals surface area contributed by atoms with Crippen LogP contribution in [0.25, 0.3) is 10.9 Å². The summed E-state index contributed by atoms with van der Waals surface area (Å²) in [7, 11) is -3.87. The fourth-order valence-electron chi connectivity index (χ4n) is 2.91. The van der Waals surface area contributed by atoms with Crippen molar-refractivity contribution in [2.24, 2.45) is 0 Å². The molecule has 7 nitrogen and oxygen atoms in total. The number of hydrogen-bond acceptors (Lipinski definition) is 6. The van der Waals surface area contributed by atoms with E-state index in [1.807, 2.05) is 0 Å². The maximum absolute atomic E-state index is 12.9. The van der Waals surface area contributed by atoms with Gasteiger partial charge in [0.15, 0.2) is 0 Å². The third kappa shape index (κ3) is 4.45. The second-order valence-electron chi connectivity index (χ2n) is 6.68. The lowest BCUT2D eigenvalue weighted by atomic mass is 10.1. The first-order valence-electron chi connectivity index (χ1n) is 8.91. The molecule has 0 atom stereocenters. The van der Waals surface area contributed by atoms with Gasteiger partial charge in [-0.25, -0.2) is 13.1 Å². The molecule has 0 amide bonds. The Hall–Kier alpha value is -3.60. The van der Waals surface area contributed by atoms with E-state index in [-0.39, 0.29) is 16.3 Å². The lowest BCUT2D eigenvalue weighted by Gasteiger charge is -2.12. The second kappa shape index (κ2) is 7.58. The number of nitrogens with zero attached hydrogens (tertiary/aromatic N) is 2. The number of hydrogen-bond donors (Lipinski definition) is 2. The van der Waals surface area contributed by atoms with Crippen molar-refractivity contribution in [1.29, 1.82) is 0 Å². The molecular weight excluding hydrogens is 433 g/mol. The highest BCUT2D eigenvalue weighted by Gasteiger charge is 2.30. The topological polar surface area (TPSA) is 97.1 Å². The molecule has 0 radical (unpaired) electrons. The van der Waals surface area contributed by atoms with Gasteiger partial charge in [0, 0.05) is 29.0 Å². The van der Waals surface area contributed by atoms with Crippen LogP contribution in [0.2, 0.25) is 0 Å². The molecule has 160 valence electrons. The average Bonchev–Trinajstić information content (AvgIpc) is 3.11. The minimum Gasteiger partial charge on any atom is -0.355 e.